The van der Waals surface area contributed by atoms with Crippen LogP contribution in [-0.2, 0) is 16.8 Å². The van der Waals surface area contributed by atoms with E-state index in [4.69, 9.17) is 11.6 Å². The molecular formula is C12H17ClN2O2. The molecule has 0 saturated carbocycles. The number of rotatable bonds is 1. The van der Waals surface area contributed by atoms with Crippen LogP contribution in [0.3, 0.4) is 0 Å². The van der Waals surface area contributed by atoms with Crippen LogP contribution in [0.4, 0.5) is 0 Å². The number of carboxylic acids is 1. The fourth-order valence-corrected chi connectivity index (χ4v) is 2.71. The second-order valence-corrected chi connectivity index (χ2v) is 5.90. The minimum absolute atomic E-state index is 0.123. The lowest BCUT2D eigenvalue weighted by Crippen LogP contribution is -2.26. The fraction of sp³-hybridized carbons (Fsp3) is 0.667. The van der Waals surface area contributed by atoms with Gasteiger partial charge in [-0.2, -0.15) is 0 Å². The first-order valence-corrected chi connectivity index (χ1v) is 6.19. The van der Waals surface area contributed by atoms with Crippen LogP contribution in [0.2, 0.25) is 5.15 Å². The standard InChI is InChI=1S/C12H17ClN2O2/c1-12(2,3)11-14-9(13)8-7(10(16)17)5-4-6-15(8)11/h7H,4-6H2,1-3H3,(H,16,17). The van der Waals surface area contributed by atoms with E-state index in [9.17, 15) is 9.90 Å². The lowest BCUT2D eigenvalue weighted by Gasteiger charge is -2.26. The van der Waals surface area contributed by atoms with E-state index in [0.29, 0.717) is 17.3 Å². The summed E-state index contributed by atoms with van der Waals surface area (Å²) in [6.07, 6.45) is 1.50. The van der Waals surface area contributed by atoms with Gasteiger partial charge in [0.15, 0.2) is 5.15 Å². The largest absolute Gasteiger partial charge is 0.481 e. The molecule has 2 heterocycles. The number of halogens is 1. The number of hydrogen-bond donors (Lipinski definition) is 1. The summed E-state index contributed by atoms with van der Waals surface area (Å²) in [5.41, 5.74) is 0.554. The minimum Gasteiger partial charge on any atom is -0.481 e. The fourth-order valence-electron chi connectivity index (χ4n) is 2.40. The van der Waals surface area contributed by atoms with E-state index in [-0.39, 0.29) is 5.41 Å². The Morgan fingerprint density at radius 2 is 2.18 bits per heavy atom. The van der Waals surface area contributed by atoms with Gasteiger partial charge >= 0.3 is 5.97 Å². The molecule has 1 aromatic rings. The molecule has 1 aliphatic rings. The first-order valence-electron chi connectivity index (χ1n) is 5.81. The Labute approximate surface area is 106 Å². The zero-order chi connectivity index (χ0) is 12.8. The highest BCUT2D eigenvalue weighted by atomic mass is 35.5. The molecule has 1 N–H and O–H groups in total. The maximum Gasteiger partial charge on any atom is 0.312 e. The van der Waals surface area contributed by atoms with Crippen LogP contribution >= 0.6 is 11.6 Å². The summed E-state index contributed by atoms with van der Waals surface area (Å²) in [5.74, 6) is -0.448. The zero-order valence-corrected chi connectivity index (χ0v) is 11.1. The summed E-state index contributed by atoms with van der Waals surface area (Å²) in [5, 5.41) is 9.57. The predicted molar refractivity (Wildman–Crippen MR) is 65.5 cm³/mol. The third kappa shape index (κ3) is 2.06. The first-order chi connectivity index (χ1) is 7.82. The van der Waals surface area contributed by atoms with Crippen molar-refractivity contribution in [2.75, 3.05) is 0 Å². The van der Waals surface area contributed by atoms with Crippen LogP contribution in [0.5, 0.6) is 0 Å². The molecule has 1 unspecified atom stereocenters. The molecule has 0 radical (unpaired) electrons. The Kier molecular flexibility index (Phi) is 2.94. The zero-order valence-electron chi connectivity index (χ0n) is 10.3. The van der Waals surface area contributed by atoms with Crippen molar-refractivity contribution < 1.29 is 9.90 Å². The second kappa shape index (κ2) is 4.02. The highest BCUT2D eigenvalue weighted by molar-refractivity contribution is 6.30. The Morgan fingerprint density at radius 1 is 1.53 bits per heavy atom. The average molecular weight is 257 g/mol. The summed E-state index contributed by atoms with van der Waals surface area (Å²) in [6, 6.07) is 0. The molecule has 0 bridgehead atoms. The molecule has 0 aliphatic carbocycles. The van der Waals surface area contributed by atoms with Crippen molar-refractivity contribution in [2.24, 2.45) is 0 Å². The van der Waals surface area contributed by atoms with E-state index >= 15 is 0 Å². The van der Waals surface area contributed by atoms with Gasteiger partial charge in [-0.25, -0.2) is 4.98 Å². The summed E-state index contributed by atoms with van der Waals surface area (Å²) < 4.78 is 1.99. The Bertz CT molecular complexity index is 460. The molecule has 94 valence electrons. The van der Waals surface area contributed by atoms with Crippen LogP contribution in [0, 0.1) is 0 Å². The van der Waals surface area contributed by atoms with Crippen molar-refractivity contribution in [1.29, 1.82) is 0 Å². The SMILES string of the molecule is CC(C)(C)c1nc(Cl)c2n1CCCC2C(=O)O. The van der Waals surface area contributed by atoms with Gasteiger partial charge in [0.2, 0.25) is 0 Å². The Hall–Kier alpha value is -1.03. The van der Waals surface area contributed by atoms with Crippen LogP contribution in [0.15, 0.2) is 0 Å². The lowest BCUT2D eigenvalue weighted by atomic mass is 9.93. The van der Waals surface area contributed by atoms with Gasteiger partial charge in [-0.15, -0.1) is 0 Å². The number of aliphatic carboxylic acids is 1. The molecule has 0 saturated heterocycles. The lowest BCUT2D eigenvalue weighted by molar-refractivity contribution is -0.139. The van der Waals surface area contributed by atoms with Crippen LogP contribution < -0.4 is 0 Å². The van der Waals surface area contributed by atoms with E-state index in [1.807, 2.05) is 4.57 Å². The molecule has 0 fully saturated rings. The van der Waals surface area contributed by atoms with Crippen LogP contribution in [0.1, 0.15) is 51.0 Å². The molecule has 0 aromatic carbocycles. The van der Waals surface area contributed by atoms with Gasteiger partial charge < -0.3 is 9.67 Å². The van der Waals surface area contributed by atoms with Gasteiger partial charge in [0.25, 0.3) is 0 Å². The average Bonchev–Trinajstić information content (AvgIpc) is 2.56. The van der Waals surface area contributed by atoms with Gasteiger partial charge in [0.1, 0.15) is 11.7 Å². The molecule has 17 heavy (non-hydrogen) atoms. The number of imidazole rings is 1. The Morgan fingerprint density at radius 3 is 2.71 bits per heavy atom. The van der Waals surface area contributed by atoms with Crippen molar-refractivity contribution in [2.45, 2.75) is 51.5 Å². The number of aromatic nitrogens is 2. The maximum absolute atomic E-state index is 11.2. The normalized spacial score (nSPS) is 20.1. The smallest absolute Gasteiger partial charge is 0.312 e. The monoisotopic (exact) mass is 256 g/mol. The quantitative estimate of drug-likeness (QED) is 0.841. The number of fused-ring (bicyclic) bond motifs is 1. The van der Waals surface area contributed by atoms with Gasteiger partial charge in [-0.1, -0.05) is 32.4 Å². The number of hydrogen-bond acceptors (Lipinski definition) is 2. The van der Waals surface area contributed by atoms with Crippen LogP contribution in [0.25, 0.3) is 0 Å². The van der Waals surface area contributed by atoms with Crippen LogP contribution in [-0.4, -0.2) is 20.6 Å². The maximum atomic E-state index is 11.2. The number of carbonyl (C=O) groups is 1. The molecule has 1 atom stereocenters. The van der Waals surface area contributed by atoms with Crippen molar-refractivity contribution in [1.82, 2.24) is 9.55 Å². The molecule has 5 heteroatoms. The molecule has 0 amide bonds. The molecule has 1 aromatic heterocycles. The summed E-state index contributed by atoms with van der Waals surface area (Å²) >= 11 is 6.11. The number of nitrogens with zero attached hydrogens (tertiary/aromatic N) is 2. The third-order valence-corrected chi connectivity index (χ3v) is 3.41. The van der Waals surface area contributed by atoms with Crippen molar-refractivity contribution in [3.05, 3.63) is 16.7 Å². The van der Waals surface area contributed by atoms with Crippen molar-refractivity contribution in [3.8, 4) is 0 Å². The van der Waals surface area contributed by atoms with E-state index < -0.39 is 11.9 Å². The van der Waals surface area contributed by atoms with E-state index in [1.165, 1.54) is 0 Å². The molecule has 4 nitrogen and oxygen atoms in total. The summed E-state index contributed by atoms with van der Waals surface area (Å²) in [6.45, 7) is 6.99. The molecule has 0 spiro atoms. The molecule has 1 aliphatic heterocycles. The number of carboxylic acid groups (broad SMARTS) is 1. The predicted octanol–water partition coefficient (Wildman–Crippen LogP) is 2.80. The summed E-state index contributed by atoms with van der Waals surface area (Å²) in [7, 11) is 0. The van der Waals surface area contributed by atoms with E-state index in [1.54, 1.807) is 0 Å². The van der Waals surface area contributed by atoms with Crippen molar-refractivity contribution in [3.63, 3.8) is 0 Å². The molecular weight excluding hydrogens is 240 g/mol. The molecule has 2 rings (SSSR count). The van der Waals surface area contributed by atoms with Gasteiger partial charge in [0.05, 0.1) is 5.69 Å². The Balaban J connectivity index is 2.57. The summed E-state index contributed by atoms with van der Waals surface area (Å²) in [4.78, 5) is 15.6. The first kappa shape index (κ1) is 12.4. The van der Waals surface area contributed by atoms with E-state index in [2.05, 4.69) is 25.8 Å². The van der Waals surface area contributed by atoms with E-state index in [0.717, 1.165) is 18.8 Å². The second-order valence-electron chi connectivity index (χ2n) is 5.55. The highest BCUT2D eigenvalue weighted by Gasteiger charge is 2.34. The van der Waals surface area contributed by atoms with Crippen molar-refractivity contribution >= 4 is 17.6 Å². The van der Waals surface area contributed by atoms with Gasteiger partial charge in [0, 0.05) is 12.0 Å². The third-order valence-electron chi connectivity index (χ3n) is 3.14. The highest BCUT2D eigenvalue weighted by Crippen LogP contribution is 2.36. The van der Waals surface area contributed by atoms with Gasteiger partial charge in [-0.3, -0.25) is 4.79 Å². The minimum atomic E-state index is -0.812. The topological polar surface area (TPSA) is 55.1 Å². The van der Waals surface area contributed by atoms with Gasteiger partial charge in [-0.05, 0) is 12.8 Å².